The van der Waals surface area contributed by atoms with Gasteiger partial charge in [-0.15, -0.1) is 0 Å². The molecule has 0 unspecified atom stereocenters. The van der Waals surface area contributed by atoms with Gasteiger partial charge in [0.15, 0.2) is 11.6 Å². The molecule has 19 heavy (non-hydrogen) atoms. The van der Waals surface area contributed by atoms with E-state index in [9.17, 15) is 4.39 Å². The molecule has 1 N–H and O–H groups in total. The number of nitrogens with one attached hydrogen (secondary N) is 1. The van der Waals surface area contributed by atoms with E-state index in [4.69, 9.17) is 4.74 Å². The first-order valence-corrected chi connectivity index (χ1v) is 6.87. The maximum atomic E-state index is 13.4. The Morgan fingerprint density at radius 2 is 1.89 bits per heavy atom. The molecule has 0 atom stereocenters. The molecule has 100 valence electrons. The van der Waals surface area contributed by atoms with Crippen molar-refractivity contribution in [1.29, 1.82) is 0 Å². The number of hydrogen-bond donors (Lipinski definition) is 1. The fourth-order valence-corrected chi connectivity index (χ4v) is 1.99. The van der Waals surface area contributed by atoms with E-state index in [1.807, 2.05) is 18.2 Å². The van der Waals surface area contributed by atoms with Crippen LogP contribution in [0.15, 0.2) is 53.0 Å². The second-order valence-corrected chi connectivity index (χ2v) is 5.00. The highest BCUT2D eigenvalue weighted by molar-refractivity contribution is 9.10. The molecular formula is C15H15BrFNO. The lowest BCUT2D eigenvalue weighted by molar-refractivity contribution is 0.298. The van der Waals surface area contributed by atoms with Crippen molar-refractivity contribution in [3.05, 3.63) is 64.4 Å². The summed E-state index contributed by atoms with van der Waals surface area (Å²) in [4.78, 5) is 0. The average Bonchev–Trinajstić information content (AvgIpc) is 2.43. The van der Waals surface area contributed by atoms with Crippen LogP contribution in [0, 0.1) is 5.82 Å². The largest absolute Gasteiger partial charge is 0.489 e. The van der Waals surface area contributed by atoms with Gasteiger partial charge < -0.3 is 10.1 Å². The summed E-state index contributed by atoms with van der Waals surface area (Å²) in [6, 6.07) is 14.8. The lowest BCUT2D eigenvalue weighted by Crippen LogP contribution is -2.20. The van der Waals surface area contributed by atoms with Crippen molar-refractivity contribution in [2.45, 2.75) is 6.54 Å². The Kier molecular flexibility index (Phi) is 5.36. The van der Waals surface area contributed by atoms with Crippen LogP contribution in [0.5, 0.6) is 5.75 Å². The Balaban J connectivity index is 1.71. The van der Waals surface area contributed by atoms with Crippen LogP contribution in [0.2, 0.25) is 0 Å². The molecule has 4 heteroatoms. The minimum absolute atomic E-state index is 0.274. The summed E-state index contributed by atoms with van der Waals surface area (Å²) < 4.78 is 19.6. The van der Waals surface area contributed by atoms with Gasteiger partial charge >= 0.3 is 0 Å². The van der Waals surface area contributed by atoms with Crippen LogP contribution < -0.4 is 10.1 Å². The minimum Gasteiger partial charge on any atom is -0.489 e. The van der Waals surface area contributed by atoms with E-state index in [-0.39, 0.29) is 11.6 Å². The van der Waals surface area contributed by atoms with E-state index in [1.54, 1.807) is 12.1 Å². The number of benzene rings is 2. The van der Waals surface area contributed by atoms with Crippen molar-refractivity contribution < 1.29 is 9.13 Å². The van der Waals surface area contributed by atoms with E-state index in [0.717, 1.165) is 11.0 Å². The molecule has 0 radical (unpaired) electrons. The zero-order valence-corrected chi connectivity index (χ0v) is 12.0. The third-order valence-electron chi connectivity index (χ3n) is 2.60. The molecule has 0 spiro atoms. The van der Waals surface area contributed by atoms with Crippen LogP contribution in [-0.2, 0) is 6.54 Å². The zero-order chi connectivity index (χ0) is 13.5. The molecule has 0 saturated carbocycles. The first kappa shape index (κ1) is 14.0. The Bertz CT molecular complexity index is 519. The number of ether oxygens (including phenoxy) is 1. The van der Waals surface area contributed by atoms with Crippen molar-refractivity contribution in [2.24, 2.45) is 0 Å². The summed E-state index contributed by atoms with van der Waals surface area (Å²) in [5.41, 5.74) is 1.22. The molecule has 2 aromatic carbocycles. The maximum Gasteiger partial charge on any atom is 0.165 e. The van der Waals surface area contributed by atoms with Crippen molar-refractivity contribution >= 4 is 15.9 Å². The van der Waals surface area contributed by atoms with E-state index in [0.29, 0.717) is 13.2 Å². The quantitative estimate of drug-likeness (QED) is 0.817. The van der Waals surface area contributed by atoms with Gasteiger partial charge in [-0.05, 0) is 23.8 Å². The second kappa shape index (κ2) is 7.26. The van der Waals surface area contributed by atoms with Crippen molar-refractivity contribution in [3.8, 4) is 5.75 Å². The fourth-order valence-electron chi connectivity index (χ4n) is 1.65. The van der Waals surface area contributed by atoms with Crippen molar-refractivity contribution in [2.75, 3.05) is 13.2 Å². The average molecular weight is 324 g/mol. The Hall–Kier alpha value is -1.39. The summed E-state index contributed by atoms with van der Waals surface area (Å²) in [6.45, 7) is 1.88. The molecule has 0 aliphatic carbocycles. The standard InChI is InChI=1S/C15H15BrFNO/c16-13-6-7-14(17)15(10-13)19-9-8-18-11-12-4-2-1-3-5-12/h1-7,10,18H,8-9,11H2. The Morgan fingerprint density at radius 3 is 2.68 bits per heavy atom. The molecule has 0 aliphatic heterocycles. The maximum absolute atomic E-state index is 13.4. The Labute approximate surface area is 120 Å². The molecule has 0 aliphatic rings. The van der Waals surface area contributed by atoms with Gasteiger partial charge in [0.1, 0.15) is 6.61 Å². The van der Waals surface area contributed by atoms with Crippen molar-refractivity contribution in [3.63, 3.8) is 0 Å². The third kappa shape index (κ3) is 4.65. The summed E-state index contributed by atoms with van der Waals surface area (Å²) in [7, 11) is 0. The van der Waals surface area contributed by atoms with Crippen LogP contribution in [0.25, 0.3) is 0 Å². The van der Waals surface area contributed by atoms with Gasteiger partial charge in [-0.3, -0.25) is 0 Å². The lowest BCUT2D eigenvalue weighted by Gasteiger charge is -2.08. The number of hydrogen-bond acceptors (Lipinski definition) is 2. The topological polar surface area (TPSA) is 21.3 Å². The Morgan fingerprint density at radius 1 is 1.11 bits per heavy atom. The molecular weight excluding hydrogens is 309 g/mol. The minimum atomic E-state index is -0.341. The van der Waals surface area contributed by atoms with Gasteiger partial charge in [0, 0.05) is 17.6 Å². The molecule has 2 rings (SSSR count). The molecule has 0 fully saturated rings. The molecule has 0 saturated heterocycles. The van der Waals surface area contributed by atoms with Crippen LogP contribution in [0.4, 0.5) is 4.39 Å². The summed E-state index contributed by atoms with van der Waals surface area (Å²) in [5.74, 6) is -0.0675. The van der Waals surface area contributed by atoms with Gasteiger partial charge in [0.05, 0.1) is 0 Å². The lowest BCUT2D eigenvalue weighted by atomic mass is 10.2. The molecule has 0 amide bonds. The molecule has 0 heterocycles. The van der Waals surface area contributed by atoms with Gasteiger partial charge in [0.2, 0.25) is 0 Å². The first-order chi connectivity index (χ1) is 9.25. The van der Waals surface area contributed by atoms with Crippen LogP contribution >= 0.6 is 15.9 Å². The van der Waals surface area contributed by atoms with E-state index in [1.165, 1.54) is 11.6 Å². The summed E-state index contributed by atoms with van der Waals surface area (Å²) in [5, 5.41) is 3.25. The fraction of sp³-hybridized carbons (Fsp3) is 0.200. The van der Waals surface area contributed by atoms with E-state index in [2.05, 4.69) is 33.4 Å². The zero-order valence-electron chi connectivity index (χ0n) is 10.4. The molecule has 2 nitrogen and oxygen atoms in total. The summed E-state index contributed by atoms with van der Waals surface area (Å²) in [6.07, 6.45) is 0. The predicted molar refractivity (Wildman–Crippen MR) is 77.7 cm³/mol. The normalized spacial score (nSPS) is 10.4. The second-order valence-electron chi connectivity index (χ2n) is 4.09. The molecule has 0 bridgehead atoms. The summed E-state index contributed by atoms with van der Waals surface area (Å²) >= 11 is 3.29. The van der Waals surface area contributed by atoms with Gasteiger partial charge in [-0.25, -0.2) is 4.39 Å². The highest BCUT2D eigenvalue weighted by Crippen LogP contribution is 2.21. The van der Waals surface area contributed by atoms with Gasteiger partial charge in [0.25, 0.3) is 0 Å². The molecule has 2 aromatic rings. The van der Waals surface area contributed by atoms with E-state index < -0.39 is 0 Å². The van der Waals surface area contributed by atoms with Crippen LogP contribution in [-0.4, -0.2) is 13.2 Å². The highest BCUT2D eigenvalue weighted by Gasteiger charge is 2.03. The third-order valence-corrected chi connectivity index (χ3v) is 3.09. The molecule has 0 aromatic heterocycles. The monoisotopic (exact) mass is 323 g/mol. The smallest absolute Gasteiger partial charge is 0.165 e. The van der Waals surface area contributed by atoms with Crippen molar-refractivity contribution in [1.82, 2.24) is 5.32 Å². The van der Waals surface area contributed by atoms with E-state index >= 15 is 0 Å². The highest BCUT2D eigenvalue weighted by atomic mass is 79.9. The van der Waals surface area contributed by atoms with Gasteiger partial charge in [-0.1, -0.05) is 46.3 Å². The first-order valence-electron chi connectivity index (χ1n) is 6.08. The van der Waals surface area contributed by atoms with Crippen LogP contribution in [0.1, 0.15) is 5.56 Å². The number of rotatable bonds is 6. The predicted octanol–water partition coefficient (Wildman–Crippen LogP) is 3.76. The SMILES string of the molecule is Fc1ccc(Br)cc1OCCNCc1ccccc1. The van der Waals surface area contributed by atoms with Crippen LogP contribution in [0.3, 0.4) is 0 Å². The number of halogens is 2. The van der Waals surface area contributed by atoms with Gasteiger partial charge in [-0.2, -0.15) is 0 Å².